The van der Waals surface area contributed by atoms with Crippen LogP contribution in [-0.2, 0) is 9.59 Å². The molecular formula is C20H14N4O4S2. The fourth-order valence-corrected chi connectivity index (χ4v) is 3.91. The van der Waals surface area contributed by atoms with Crippen LogP contribution in [0.4, 0.5) is 0 Å². The van der Waals surface area contributed by atoms with Crippen molar-refractivity contribution in [3.8, 4) is 17.2 Å². The lowest BCUT2D eigenvalue weighted by atomic mass is 10.3. The van der Waals surface area contributed by atoms with Gasteiger partial charge in [0.25, 0.3) is 5.91 Å². The SMILES string of the molecule is O=C(O)CN1C(=O)/C(=C/c2cn(-c3ccc(Oc4ccccc4)cc3)nn2)SC1=S. The molecule has 0 unspecified atom stereocenters. The number of amides is 1. The number of aromatic nitrogens is 3. The van der Waals surface area contributed by atoms with Gasteiger partial charge in [0.05, 0.1) is 16.8 Å². The molecule has 150 valence electrons. The predicted molar refractivity (Wildman–Crippen MR) is 115 cm³/mol. The number of nitrogens with zero attached hydrogens (tertiary/aromatic N) is 4. The molecule has 0 aliphatic carbocycles. The smallest absolute Gasteiger partial charge is 0.323 e. The number of carboxylic acids is 1. The van der Waals surface area contributed by atoms with Gasteiger partial charge in [-0.05, 0) is 42.5 Å². The van der Waals surface area contributed by atoms with Crippen LogP contribution in [0.3, 0.4) is 0 Å². The summed E-state index contributed by atoms with van der Waals surface area (Å²) in [5.41, 5.74) is 1.22. The molecule has 1 saturated heterocycles. The van der Waals surface area contributed by atoms with Crippen LogP contribution in [0.2, 0.25) is 0 Å². The third-order valence-corrected chi connectivity index (χ3v) is 5.41. The highest BCUT2D eigenvalue weighted by Gasteiger charge is 2.33. The first-order valence-electron chi connectivity index (χ1n) is 8.72. The molecule has 1 aliphatic heterocycles. The number of carboxylic acid groups (broad SMARTS) is 1. The number of para-hydroxylation sites is 1. The molecule has 0 radical (unpaired) electrons. The molecule has 1 N–H and O–H groups in total. The maximum Gasteiger partial charge on any atom is 0.323 e. The van der Waals surface area contributed by atoms with Crippen molar-refractivity contribution in [3.63, 3.8) is 0 Å². The first-order valence-corrected chi connectivity index (χ1v) is 9.95. The highest BCUT2D eigenvalue weighted by Crippen LogP contribution is 2.32. The fraction of sp³-hybridized carbons (Fsp3) is 0.0500. The van der Waals surface area contributed by atoms with Crippen molar-refractivity contribution in [2.75, 3.05) is 6.54 Å². The van der Waals surface area contributed by atoms with E-state index >= 15 is 0 Å². The Hall–Kier alpha value is -3.50. The summed E-state index contributed by atoms with van der Waals surface area (Å²) in [6.07, 6.45) is 3.20. The van der Waals surface area contributed by atoms with E-state index in [9.17, 15) is 9.59 Å². The van der Waals surface area contributed by atoms with Crippen LogP contribution >= 0.6 is 24.0 Å². The molecule has 2 heterocycles. The van der Waals surface area contributed by atoms with Gasteiger partial charge < -0.3 is 9.84 Å². The molecule has 0 saturated carbocycles. The van der Waals surface area contributed by atoms with Crippen LogP contribution in [-0.4, -0.2) is 47.7 Å². The van der Waals surface area contributed by atoms with Gasteiger partial charge in [-0.3, -0.25) is 14.5 Å². The minimum atomic E-state index is -1.13. The summed E-state index contributed by atoms with van der Waals surface area (Å²) < 4.78 is 7.54. The van der Waals surface area contributed by atoms with Gasteiger partial charge in [0.15, 0.2) is 0 Å². The average Bonchev–Trinajstić information content (AvgIpc) is 3.30. The molecule has 0 atom stereocenters. The number of ether oxygens (including phenoxy) is 1. The number of rotatable bonds is 6. The molecule has 30 heavy (non-hydrogen) atoms. The van der Waals surface area contributed by atoms with Crippen molar-refractivity contribution in [3.05, 3.63) is 71.4 Å². The average molecular weight is 438 g/mol. The standard InChI is InChI=1S/C20H14N4O4S2/c25-18(26)12-23-19(27)17(30-20(23)29)10-13-11-24(22-21-13)14-6-8-16(9-7-14)28-15-4-2-1-3-5-15/h1-11H,12H2,(H,25,26)/b17-10-. The van der Waals surface area contributed by atoms with Crippen molar-refractivity contribution in [1.29, 1.82) is 0 Å². The largest absolute Gasteiger partial charge is 0.480 e. The van der Waals surface area contributed by atoms with Gasteiger partial charge >= 0.3 is 5.97 Å². The molecule has 1 fully saturated rings. The highest BCUT2D eigenvalue weighted by molar-refractivity contribution is 8.26. The number of hydrogen-bond donors (Lipinski definition) is 1. The maximum atomic E-state index is 12.3. The topological polar surface area (TPSA) is 97.5 Å². The van der Waals surface area contributed by atoms with Crippen LogP contribution in [0.15, 0.2) is 65.7 Å². The lowest BCUT2D eigenvalue weighted by Gasteiger charge is -2.09. The van der Waals surface area contributed by atoms with Crippen molar-refractivity contribution in [2.24, 2.45) is 0 Å². The first-order chi connectivity index (χ1) is 14.5. The molecule has 1 amide bonds. The van der Waals surface area contributed by atoms with Gasteiger partial charge in [0.1, 0.15) is 28.1 Å². The van der Waals surface area contributed by atoms with Crippen LogP contribution in [0.5, 0.6) is 11.5 Å². The summed E-state index contributed by atoms with van der Waals surface area (Å²) in [6, 6.07) is 16.8. The van der Waals surface area contributed by atoms with E-state index in [0.717, 1.165) is 28.1 Å². The predicted octanol–water partition coefficient (Wildman–Crippen LogP) is 3.35. The zero-order valence-corrected chi connectivity index (χ0v) is 17.0. The zero-order chi connectivity index (χ0) is 21.1. The van der Waals surface area contributed by atoms with E-state index in [2.05, 4.69) is 10.3 Å². The number of hydrogen-bond acceptors (Lipinski definition) is 7. The highest BCUT2D eigenvalue weighted by atomic mass is 32.2. The Morgan fingerprint density at radius 3 is 2.53 bits per heavy atom. The Morgan fingerprint density at radius 1 is 1.13 bits per heavy atom. The van der Waals surface area contributed by atoms with E-state index in [1.807, 2.05) is 54.6 Å². The second-order valence-corrected chi connectivity index (χ2v) is 7.83. The summed E-state index contributed by atoms with van der Waals surface area (Å²) in [5.74, 6) is -0.150. The molecule has 10 heteroatoms. The van der Waals surface area contributed by atoms with Gasteiger partial charge in [0.2, 0.25) is 0 Å². The Kier molecular flexibility index (Phi) is 5.59. The molecule has 4 rings (SSSR count). The van der Waals surface area contributed by atoms with Gasteiger partial charge in [-0.15, -0.1) is 5.10 Å². The summed E-state index contributed by atoms with van der Waals surface area (Å²) in [6.45, 7) is -0.466. The molecular weight excluding hydrogens is 424 g/mol. The van der Waals surface area contributed by atoms with E-state index in [0.29, 0.717) is 16.3 Å². The van der Waals surface area contributed by atoms with Crippen LogP contribution < -0.4 is 4.74 Å². The quantitative estimate of drug-likeness (QED) is 0.462. The third kappa shape index (κ3) is 4.39. The van der Waals surface area contributed by atoms with Crippen molar-refractivity contribution < 1.29 is 19.4 Å². The van der Waals surface area contributed by atoms with Gasteiger partial charge in [-0.2, -0.15) is 0 Å². The second kappa shape index (κ2) is 8.47. The minimum absolute atomic E-state index is 0.204. The van der Waals surface area contributed by atoms with Crippen LogP contribution in [0.25, 0.3) is 11.8 Å². The van der Waals surface area contributed by atoms with E-state index in [1.54, 1.807) is 10.9 Å². The molecule has 3 aromatic rings. The van der Waals surface area contributed by atoms with E-state index in [1.165, 1.54) is 6.08 Å². The first kappa shape index (κ1) is 19.8. The van der Waals surface area contributed by atoms with E-state index in [-0.39, 0.29) is 4.32 Å². The number of carbonyl (C=O) groups excluding carboxylic acids is 1. The third-order valence-electron chi connectivity index (χ3n) is 4.04. The number of carbonyl (C=O) groups is 2. The molecule has 1 aromatic heterocycles. The molecule has 8 nitrogen and oxygen atoms in total. The van der Waals surface area contributed by atoms with Crippen LogP contribution in [0, 0.1) is 0 Å². The fourth-order valence-electron chi connectivity index (χ4n) is 2.67. The molecule has 0 spiro atoms. The van der Waals surface area contributed by atoms with Crippen molar-refractivity contribution in [2.45, 2.75) is 0 Å². The van der Waals surface area contributed by atoms with E-state index in [4.69, 9.17) is 22.1 Å². The summed E-state index contributed by atoms with van der Waals surface area (Å²) >= 11 is 6.12. The summed E-state index contributed by atoms with van der Waals surface area (Å²) in [4.78, 5) is 24.6. The van der Waals surface area contributed by atoms with Crippen molar-refractivity contribution in [1.82, 2.24) is 19.9 Å². The number of thiocarbonyl (C=S) groups is 1. The lowest BCUT2D eigenvalue weighted by molar-refractivity contribution is -0.140. The second-order valence-electron chi connectivity index (χ2n) is 6.16. The molecule has 0 bridgehead atoms. The summed E-state index contributed by atoms with van der Waals surface area (Å²) in [5, 5.41) is 17.0. The molecule has 2 aromatic carbocycles. The number of aliphatic carboxylic acids is 1. The zero-order valence-electron chi connectivity index (χ0n) is 15.3. The monoisotopic (exact) mass is 438 g/mol. The Balaban J connectivity index is 1.48. The number of thioether (sulfide) groups is 1. The Bertz CT molecular complexity index is 1140. The van der Waals surface area contributed by atoms with E-state index < -0.39 is 18.4 Å². The minimum Gasteiger partial charge on any atom is -0.480 e. The van der Waals surface area contributed by atoms with Gasteiger partial charge in [0, 0.05) is 0 Å². The Labute approximate surface area is 180 Å². The van der Waals surface area contributed by atoms with Crippen LogP contribution in [0.1, 0.15) is 5.69 Å². The Morgan fingerprint density at radius 2 is 1.83 bits per heavy atom. The molecule has 1 aliphatic rings. The maximum absolute atomic E-state index is 12.3. The normalized spacial score (nSPS) is 15.1. The summed E-state index contributed by atoms with van der Waals surface area (Å²) in [7, 11) is 0. The lowest BCUT2D eigenvalue weighted by Crippen LogP contribution is -2.33. The van der Waals surface area contributed by atoms with Gasteiger partial charge in [-0.25, -0.2) is 4.68 Å². The van der Waals surface area contributed by atoms with Gasteiger partial charge in [-0.1, -0.05) is 47.4 Å². The number of benzene rings is 2. The van der Waals surface area contributed by atoms with Crippen molar-refractivity contribution >= 4 is 46.3 Å².